The van der Waals surface area contributed by atoms with Crippen molar-refractivity contribution in [1.82, 2.24) is 4.98 Å². The summed E-state index contributed by atoms with van der Waals surface area (Å²) in [5.74, 6) is -0.408. The predicted octanol–water partition coefficient (Wildman–Crippen LogP) is 4.42. The van der Waals surface area contributed by atoms with Gasteiger partial charge in [-0.3, -0.25) is 15.0 Å². The standard InChI is InChI=1S/C16H16ClN3O3S2/c17-11-2-1-3-12(6-11)20(8-10-4-5-10)16(23)19-15-18-7-14(25-15)24-9-13(21)22/h1-3,6-7,10H,4-5,8-9H2,(H,21,22)(H,18,19,23). The maximum absolute atomic E-state index is 12.7. The van der Waals surface area contributed by atoms with E-state index in [-0.39, 0.29) is 11.8 Å². The van der Waals surface area contributed by atoms with Gasteiger partial charge >= 0.3 is 12.0 Å². The van der Waals surface area contributed by atoms with Gasteiger partial charge in [-0.2, -0.15) is 0 Å². The first-order valence-corrected chi connectivity index (χ1v) is 9.84. The van der Waals surface area contributed by atoms with E-state index in [1.54, 1.807) is 23.2 Å². The minimum Gasteiger partial charge on any atom is -0.481 e. The van der Waals surface area contributed by atoms with Crippen LogP contribution in [0.5, 0.6) is 0 Å². The van der Waals surface area contributed by atoms with Gasteiger partial charge < -0.3 is 5.11 Å². The zero-order valence-corrected chi connectivity index (χ0v) is 15.5. The second kappa shape index (κ2) is 8.07. The highest BCUT2D eigenvalue weighted by Crippen LogP contribution is 2.33. The van der Waals surface area contributed by atoms with Crippen LogP contribution < -0.4 is 10.2 Å². The molecule has 3 rings (SSSR count). The van der Waals surface area contributed by atoms with Crippen molar-refractivity contribution >= 4 is 57.5 Å². The summed E-state index contributed by atoms with van der Waals surface area (Å²) in [5, 5.41) is 12.5. The molecule has 0 radical (unpaired) electrons. The number of carbonyl (C=O) groups excluding carboxylic acids is 1. The van der Waals surface area contributed by atoms with E-state index in [2.05, 4.69) is 10.3 Å². The second-order valence-electron chi connectivity index (χ2n) is 5.63. The first-order valence-electron chi connectivity index (χ1n) is 7.66. The van der Waals surface area contributed by atoms with Crippen LogP contribution >= 0.6 is 34.7 Å². The number of carbonyl (C=O) groups is 2. The van der Waals surface area contributed by atoms with E-state index in [9.17, 15) is 9.59 Å². The Morgan fingerprint density at radius 2 is 2.24 bits per heavy atom. The van der Waals surface area contributed by atoms with Crippen molar-refractivity contribution in [3.63, 3.8) is 0 Å². The molecule has 1 aliphatic carbocycles. The van der Waals surface area contributed by atoms with Gasteiger partial charge in [0.15, 0.2) is 5.13 Å². The molecule has 9 heteroatoms. The number of rotatable bonds is 7. The number of carboxylic acid groups (broad SMARTS) is 1. The number of thiazole rings is 1. The normalized spacial score (nSPS) is 13.5. The summed E-state index contributed by atoms with van der Waals surface area (Å²) in [5.41, 5.74) is 0.744. The van der Waals surface area contributed by atoms with Crippen molar-refractivity contribution in [2.24, 2.45) is 5.92 Å². The Bertz CT molecular complexity index is 779. The van der Waals surface area contributed by atoms with Crippen LogP contribution in [-0.4, -0.2) is 34.4 Å². The lowest BCUT2D eigenvalue weighted by atomic mass is 10.2. The third-order valence-electron chi connectivity index (χ3n) is 3.54. The summed E-state index contributed by atoms with van der Waals surface area (Å²) >= 11 is 8.49. The summed E-state index contributed by atoms with van der Waals surface area (Å²) in [6.07, 6.45) is 3.81. The first kappa shape index (κ1) is 18.0. The maximum atomic E-state index is 12.7. The van der Waals surface area contributed by atoms with Crippen LogP contribution in [0, 0.1) is 5.92 Å². The molecule has 1 saturated carbocycles. The summed E-state index contributed by atoms with van der Waals surface area (Å²) < 4.78 is 0.745. The molecule has 1 aromatic carbocycles. The van der Waals surface area contributed by atoms with Crippen LogP contribution in [0.3, 0.4) is 0 Å². The predicted molar refractivity (Wildman–Crippen MR) is 101 cm³/mol. The fourth-order valence-electron chi connectivity index (χ4n) is 2.18. The Balaban J connectivity index is 1.68. The molecule has 1 aliphatic rings. The maximum Gasteiger partial charge on any atom is 0.328 e. The number of hydrogen-bond donors (Lipinski definition) is 2. The molecule has 2 aromatic rings. The van der Waals surface area contributed by atoms with Gasteiger partial charge in [0.25, 0.3) is 0 Å². The topological polar surface area (TPSA) is 82.5 Å². The molecule has 1 fully saturated rings. The largest absolute Gasteiger partial charge is 0.481 e. The molecule has 2 N–H and O–H groups in total. The van der Waals surface area contributed by atoms with E-state index in [0.717, 1.165) is 22.7 Å². The number of carboxylic acids is 1. The Hall–Kier alpha value is -1.77. The Morgan fingerprint density at radius 1 is 1.44 bits per heavy atom. The summed E-state index contributed by atoms with van der Waals surface area (Å²) in [7, 11) is 0. The van der Waals surface area contributed by atoms with Crippen LogP contribution in [-0.2, 0) is 4.79 Å². The summed E-state index contributed by atoms with van der Waals surface area (Å²) in [6, 6.07) is 6.93. The summed E-state index contributed by atoms with van der Waals surface area (Å²) in [6.45, 7) is 0.637. The molecule has 132 valence electrons. The molecule has 0 saturated heterocycles. The number of benzene rings is 1. The highest BCUT2D eigenvalue weighted by Gasteiger charge is 2.28. The highest BCUT2D eigenvalue weighted by molar-refractivity contribution is 8.01. The van der Waals surface area contributed by atoms with Crippen molar-refractivity contribution < 1.29 is 14.7 Å². The van der Waals surface area contributed by atoms with Gasteiger partial charge in [-0.15, -0.1) is 11.8 Å². The number of amides is 2. The minimum absolute atomic E-state index is 0.0358. The van der Waals surface area contributed by atoms with E-state index < -0.39 is 5.97 Å². The van der Waals surface area contributed by atoms with Crippen LogP contribution in [0.1, 0.15) is 12.8 Å². The lowest BCUT2D eigenvalue weighted by molar-refractivity contribution is -0.133. The first-order chi connectivity index (χ1) is 12.0. The molecule has 6 nitrogen and oxygen atoms in total. The van der Waals surface area contributed by atoms with Crippen LogP contribution in [0.15, 0.2) is 34.7 Å². The average Bonchev–Trinajstić information content (AvgIpc) is 3.28. The molecular formula is C16H16ClN3O3S2. The third-order valence-corrected chi connectivity index (χ3v) is 5.87. The van der Waals surface area contributed by atoms with Crippen molar-refractivity contribution in [3.8, 4) is 0 Å². The minimum atomic E-state index is -0.888. The summed E-state index contributed by atoms with van der Waals surface area (Å²) in [4.78, 5) is 29.1. The average molecular weight is 398 g/mol. The van der Waals surface area contributed by atoms with E-state index in [0.29, 0.717) is 22.6 Å². The molecule has 25 heavy (non-hydrogen) atoms. The van der Waals surface area contributed by atoms with E-state index >= 15 is 0 Å². The molecule has 0 aliphatic heterocycles. The van der Waals surface area contributed by atoms with Crippen molar-refractivity contribution in [1.29, 1.82) is 0 Å². The fourth-order valence-corrected chi connectivity index (χ4v) is 3.95. The van der Waals surface area contributed by atoms with E-state index in [1.165, 1.54) is 23.1 Å². The van der Waals surface area contributed by atoms with Crippen LogP contribution in [0.4, 0.5) is 15.6 Å². The van der Waals surface area contributed by atoms with E-state index in [1.807, 2.05) is 12.1 Å². The SMILES string of the molecule is O=C(O)CSc1cnc(NC(=O)N(CC2CC2)c2cccc(Cl)c2)s1. The molecule has 0 atom stereocenters. The molecular weight excluding hydrogens is 382 g/mol. The smallest absolute Gasteiger partial charge is 0.328 e. The number of nitrogens with zero attached hydrogens (tertiary/aromatic N) is 2. The fraction of sp³-hybridized carbons (Fsp3) is 0.312. The number of nitrogens with one attached hydrogen (secondary N) is 1. The molecule has 1 aromatic heterocycles. The molecule has 2 amide bonds. The quantitative estimate of drug-likeness (QED) is 0.675. The number of aromatic nitrogens is 1. The Labute approximate surface area is 158 Å². The van der Waals surface area contributed by atoms with Gasteiger partial charge in [-0.1, -0.05) is 29.0 Å². The van der Waals surface area contributed by atoms with Gasteiger partial charge in [0, 0.05) is 17.3 Å². The van der Waals surface area contributed by atoms with Crippen molar-refractivity contribution in [2.45, 2.75) is 17.1 Å². The highest BCUT2D eigenvalue weighted by atomic mass is 35.5. The lowest BCUT2D eigenvalue weighted by Gasteiger charge is -2.22. The van der Waals surface area contributed by atoms with Gasteiger partial charge in [0.2, 0.25) is 0 Å². The lowest BCUT2D eigenvalue weighted by Crippen LogP contribution is -2.36. The number of thioether (sulfide) groups is 1. The Morgan fingerprint density at radius 3 is 2.92 bits per heavy atom. The number of anilines is 2. The molecule has 0 spiro atoms. The van der Waals surface area contributed by atoms with Gasteiger partial charge in [0.1, 0.15) is 0 Å². The third kappa shape index (κ3) is 5.35. The van der Waals surface area contributed by atoms with Gasteiger partial charge in [-0.25, -0.2) is 9.78 Å². The Kier molecular flexibility index (Phi) is 5.82. The number of hydrogen-bond acceptors (Lipinski definition) is 5. The zero-order valence-electron chi connectivity index (χ0n) is 13.1. The van der Waals surface area contributed by atoms with Crippen molar-refractivity contribution in [3.05, 3.63) is 35.5 Å². The van der Waals surface area contributed by atoms with Crippen molar-refractivity contribution in [2.75, 3.05) is 22.5 Å². The zero-order chi connectivity index (χ0) is 17.8. The van der Waals surface area contributed by atoms with E-state index in [4.69, 9.17) is 16.7 Å². The monoisotopic (exact) mass is 397 g/mol. The molecule has 0 unspecified atom stereocenters. The van der Waals surface area contributed by atoms with Gasteiger partial charge in [0.05, 0.1) is 16.2 Å². The van der Waals surface area contributed by atoms with Crippen LogP contribution in [0.2, 0.25) is 5.02 Å². The second-order valence-corrected chi connectivity index (χ2v) is 8.37. The molecule has 0 bridgehead atoms. The van der Waals surface area contributed by atoms with Gasteiger partial charge in [-0.05, 0) is 37.0 Å². The number of aliphatic carboxylic acids is 1. The number of urea groups is 1. The number of halogens is 1. The van der Waals surface area contributed by atoms with Crippen LogP contribution in [0.25, 0.3) is 0 Å². The molecule has 1 heterocycles.